The van der Waals surface area contributed by atoms with Crippen LogP contribution in [0.25, 0.3) is 0 Å². The maximum absolute atomic E-state index is 12.1. The SMILES string of the molecule is CCOC(=O)c1ccccc1OS(=O)(=O)NC(=O)Nc1nc(Cl)cc(OC)n1. The summed E-state index contributed by atoms with van der Waals surface area (Å²) in [5.74, 6) is -1.35. The summed E-state index contributed by atoms with van der Waals surface area (Å²) in [5.41, 5.74) is -0.127. The molecule has 2 N–H and O–H groups in total. The molecule has 0 aliphatic rings. The van der Waals surface area contributed by atoms with Crippen molar-refractivity contribution in [2.24, 2.45) is 0 Å². The number of ether oxygens (including phenoxy) is 2. The first-order valence-electron chi connectivity index (χ1n) is 7.62. The molecule has 11 nitrogen and oxygen atoms in total. The Bertz CT molecular complexity index is 984. The van der Waals surface area contributed by atoms with Crippen LogP contribution in [-0.2, 0) is 15.0 Å². The number of aromatic nitrogens is 2. The highest BCUT2D eigenvalue weighted by Crippen LogP contribution is 2.20. The number of para-hydroxylation sites is 1. The molecule has 0 saturated heterocycles. The Morgan fingerprint density at radius 1 is 1.21 bits per heavy atom. The van der Waals surface area contributed by atoms with E-state index in [-0.39, 0.29) is 34.9 Å². The van der Waals surface area contributed by atoms with Crippen molar-refractivity contribution in [2.75, 3.05) is 19.0 Å². The summed E-state index contributed by atoms with van der Waals surface area (Å²) in [6, 6.07) is 5.55. The first-order valence-corrected chi connectivity index (χ1v) is 9.40. The second kappa shape index (κ2) is 9.19. The molecular weight excluding hydrogens is 416 g/mol. The van der Waals surface area contributed by atoms with Crippen LogP contribution in [0.4, 0.5) is 10.7 Å². The van der Waals surface area contributed by atoms with Gasteiger partial charge in [-0.3, -0.25) is 5.32 Å². The van der Waals surface area contributed by atoms with Gasteiger partial charge in [0.1, 0.15) is 10.7 Å². The minimum Gasteiger partial charge on any atom is -0.481 e. The quantitative estimate of drug-likeness (QED) is 0.495. The fourth-order valence-corrected chi connectivity index (χ4v) is 2.73. The fraction of sp³-hybridized carbons (Fsp3) is 0.200. The van der Waals surface area contributed by atoms with Gasteiger partial charge in [0.25, 0.3) is 0 Å². The number of urea groups is 1. The molecule has 0 fully saturated rings. The number of hydrogen-bond donors (Lipinski definition) is 2. The molecule has 2 rings (SSSR count). The highest BCUT2D eigenvalue weighted by molar-refractivity contribution is 7.85. The molecular formula is C15H15ClN4O7S. The summed E-state index contributed by atoms with van der Waals surface area (Å²) in [6.07, 6.45) is 0. The lowest BCUT2D eigenvalue weighted by atomic mass is 10.2. The summed E-state index contributed by atoms with van der Waals surface area (Å²) in [4.78, 5) is 31.3. The lowest BCUT2D eigenvalue weighted by molar-refractivity contribution is 0.0524. The van der Waals surface area contributed by atoms with Crippen LogP contribution in [-0.4, -0.2) is 44.1 Å². The fourth-order valence-electron chi connectivity index (χ4n) is 1.85. The Labute approximate surface area is 165 Å². The molecule has 13 heteroatoms. The summed E-state index contributed by atoms with van der Waals surface area (Å²) >= 11 is 5.74. The Balaban J connectivity index is 2.11. The number of hydrogen-bond acceptors (Lipinski definition) is 9. The third-order valence-corrected chi connectivity index (χ3v) is 3.93. The third-order valence-electron chi connectivity index (χ3n) is 2.91. The molecule has 0 bridgehead atoms. The maximum Gasteiger partial charge on any atom is 0.411 e. The zero-order valence-corrected chi connectivity index (χ0v) is 16.2. The van der Waals surface area contributed by atoms with Crippen molar-refractivity contribution in [3.8, 4) is 11.6 Å². The Hall–Kier alpha value is -3.12. The number of benzene rings is 1. The Morgan fingerprint density at radius 3 is 2.61 bits per heavy atom. The molecule has 0 unspecified atom stereocenters. The number of carbonyl (C=O) groups is 2. The molecule has 0 aliphatic carbocycles. The van der Waals surface area contributed by atoms with Crippen molar-refractivity contribution in [2.45, 2.75) is 6.92 Å². The van der Waals surface area contributed by atoms with Crippen molar-refractivity contribution in [1.82, 2.24) is 14.7 Å². The smallest absolute Gasteiger partial charge is 0.411 e. The number of anilines is 1. The van der Waals surface area contributed by atoms with Crippen molar-refractivity contribution >= 4 is 39.9 Å². The van der Waals surface area contributed by atoms with E-state index < -0.39 is 22.3 Å². The molecule has 0 radical (unpaired) electrons. The van der Waals surface area contributed by atoms with E-state index in [2.05, 4.69) is 15.3 Å². The van der Waals surface area contributed by atoms with Crippen LogP contribution in [0, 0.1) is 0 Å². The summed E-state index contributed by atoms with van der Waals surface area (Å²) in [7, 11) is -3.32. The van der Waals surface area contributed by atoms with Gasteiger partial charge in [0, 0.05) is 6.07 Å². The highest BCUT2D eigenvalue weighted by atomic mass is 35.5. The molecule has 1 heterocycles. The average Bonchev–Trinajstić information content (AvgIpc) is 2.60. The minimum absolute atomic E-state index is 0.0374. The highest BCUT2D eigenvalue weighted by Gasteiger charge is 2.22. The molecule has 0 atom stereocenters. The average molecular weight is 431 g/mol. The summed E-state index contributed by atoms with van der Waals surface area (Å²) in [5, 5.41) is 2.03. The second-order valence-corrected chi connectivity index (χ2v) is 6.53. The van der Waals surface area contributed by atoms with E-state index in [0.29, 0.717) is 0 Å². The number of rotatable bonds is 7. The van der Waals surface area contributed by atoms with Crippen LogP contribution in [0.5, 0.6) is 11.6 Å². The van der Waals surface area contributed by atoms with Crippen LogP contribution in [0.15, 0.2) is 30.3 Å². The van der Waals surface area contributed by atoms with Crippen molar-refractivity contribution < 1.29 is 31.7 Å². The van der Waals surface area contributed by atoms with Gasteiger partial charge < -0.3 is 13.7 Å². The largest absolute Gasteiger partial charge is 0.481 e. The molecule has 1 aromatic heterocycles. The molecule has 1 aromatic carbocycles. The van der Waals surface area contributed by atoms with Crippen LogP contribution < -0.4 is 19.0 Å². The van der Waals surface area contributed by atoms with Crippen molar-refractivity contribution in [3.05, 3.63) is 41.0 Å². The van der Waals surface area contributed by atoms with Gasteiger partial charge in [-0.1, -0.05) is 23.7 Å². The molecule has 2 amide bonds. The standard InChI is InChI=1S/C15H15ClN4O7S/c1-3-26-13(21)9-6-4-5-7-10(9)27-28(23,24)20-15(22)19-14-17-11(16)8-12(18-14)25-2/h4-8H,3H2,1-2H3,(H2,17,18,19,20,22). The summed E-state index contributed by atoms with van der Waals surface area (Å²) < 4.78 is 40.2. The number of esters is 1. The van der Waals surface area contributed by atoms with Gasteiger partial charge in [-0.15, -0.1) is 0 Å². The van der Waals surface area contributed by atoms with Gasteiger partial charge >= 0.3 is 22.3 Å². The lowest BCUT2D eigenvalue weighted by Gasteiger charge is -2.11. The first kappa shape index (κ1) is 21.2. The van der Waals surface area contributed by atoms with Crippen LogP contribution >= 0.6 is 11.6 Å². The van der Waals surface area contributed by atoms with Gasteiger partial charge in [-0.25, -0.2) is 19.3 Å². The predicted molar refractivity (Wildman–Crippen MR) is 97.7 cm³/mol. The zero-order chi connectivity index (χ0) is 20.7. The molecule has 0 saturated carbocycles. The van der Waals surface area contributed by atoms with Gasteiger partial charge in [-0.2, -0.15) is 13.4 Å². The van der Waals surface area contributed by atoms with Crippen molar-refractivity contribution in [1.29, 1.82) is 0 Å². The second-order valence-electron chi connectivity index (χ2n) is 4.87. The summed E-state index contributed by atoms with van der Waals surface area (Å²) in [6.45, 7) is 1.68. The third kappa shape index (κ3) is 5.96. The maximum atomic E-state index is 12.1. The van der Waals surface area contributed by atoms with E-state index in [1.807, 2.05) is 0 Å². The van der Waals surface area contributed by atoms with Crippen LogP contribution in [0.2, 0.25) is 5.15 Å². The number of methoxy groups -OCH3 is 1. The van der Waals surface area contributed by atoms with Gasteiger partial charge in [0.05, 0.1) is 13.7 Å². The molecule has 150 valence electrons. The molecule has 2 aromatic rings. The molecule has 28 heavy (non-hydrogen) atoms. The lowest BCUT2D eigenvalue weighted by Crippen LogP contribution is -2.37. The topological polar surface area (TPSA) is 146 Å². The van der Waals surface area contributed by atoms with Gasteiger partial charge in [-0.05, 0) is 19.1 Å². The number of carbonyl (C=O) groups excluding carboxylic acids is 2. The first-order chi connectivity index (χ1) is 13.2. The van der Waals surface area contributed by atoms with Gasteiger partial charge in [0.2, 0.25) is 11.8 Å². The normalized spacial score (nSPS) is 10.7. The molecule has 0 spiro atoms. The van der Waals surface area contributed by atoms with Crippen molar-refractivity contribution in [3.63, 3.8) is 0 Å². The van der Waals surface area contributed by atoms with E-state index in [0.717, 1.165) is 0 Å². The van der Waals surface area contributed by atoms with E-state index in [1.165, 1.54) is 37.4 Å². The number of halogens is 1. The van der Waals surface area contributed by atoms with Crippen LogP contribution in [0.3, 0.4) is 0 Å². The monoisotopic (exact) mass is 430 g/mol. The number of nitrogens with zero attached hydrogens (tertiary/aromatic N) is 2. The van der Waals surface area contributed by atoms with E-state index in [1.54, 1.807) is 11.6 Å². The predicted octanol–water partition coefficient (Wildman–Crippen LogP) is 1.76. The van der Waals surface area contributed by atoms with E-state index in [4.69, 9.17) is 25.3 Å². The van der Waals surface area contributed by atoms with Gasteiger partial charge in [0.15, 0.2) is 5.75 Å². The minimum atomic E-state index is -4.64. The zero-order valence-electron chi connectivity index (χ0n) is 14.6. The number of nitrogens with one attached hydrogen (secondary N) is 2. The van der Waals surface area contributed by atoms with E-state index >= 15 is 0 Å². The Morgan fingerprint density at radius 2 is 1.93 bits per heavy atom. The number of amides is 2. The van der Waals surface area contributed by atoms with Crippen LogP contribution in [0.1, 0.15) is 17.3 Å². The van der Waals surface area contributed by atoms with E-state index in [9.17, 15) is 18.0 Å². The Kier molecular flexibility index (Phi) is 6.95. The molecule has 0 aliphatic heterocycles.